The molecule has 3 rings (SSSR count). The van der Waals surface area contributed by atoms with E-state index in [-0.39, 0.29) is 5.70 Å². The first-order valence-electron chi connectivity index (χ1n) is 7.15. The normalized spacial score (nSPS) is 15.8. The summed E-state index contributed by atoms with van der Waals surface area (Å²) in [6.07, 6.45) is 5.33. The Labute approximate surface area is 134 Å². The second-order valence-corrected chi connectivity index (χ2v) is 4.86. The molecule has 1 aliphatic heterocycles. The first-order valence-corrected chi connectivity index (χ1v) is 7.15. The molecule has 2 aromatic rings. The van der Waals surface area contributed by atoms with Gasteiger partial charge in [0.15, 0.2) is 5.70 Å². The van der Waals surface area contributed by atoms with Gasteiger partial charge < -0.3 is 9.47 Å². The van der Waals surface area contributed by atoms with Gasteiger partial charge in [-0.3, -0.25) is 0 Å². The van der Waals surface area contributed by atoms with Gasteiger partial charge in [-0.15, -0.1) is 0 Å². The Bertz CT molecular complexity index is 787. The Morgan fingerprint density at radius 3 is 2.48 bits per heavy atom. The van der Waals surface area contributed by atoms with Crippen LogP contribution >= 0.6 is 0 Å². The summed E-state index contributed by atoms with van der Waals surface area (Å²) < 4.78 is 10.3. The summed E-state index contributed by atoms with van der Waals surface area (Å²) in [5.74, 6) is 0.589. The van der Waals surface area contributed by atoms with Crippen molar-refractivity contribution in [1.29, 1.82) is 0 Å². The highest BCUT2D eigenvalue weighted by molar-refractivity contribution is 6.11. The van der Waals surface area contributed by atoms with E-state index in [0.717, 1.165) is 16.9 Å². The van der Waals surface area contributed by atoms with Crippen molar-refractivity contribution < 1.29 is 14.3 Å². The van der Waals surface area contributed by atoms with E-state index >= 15 is 0 Å². The number of aliphatic imine (C=N–C) groups is 1. The summed E-state index contributed by atoms with van der Waals surface area (Å²) in [5.41, 5.74) is 2.06. The number of carbonyl (C=O) groups excluding carboxylic acids is 1. The third-order valence-electron chi connectivity index (χ3n) is 3.30. The van der Waals surface area contributed by atoms with Crippen molar-refractivity contribution in [3.63, 3.8) is 0 Å². The Morgan fingerprint density at radius 2 is 1.78 bits per heavy atom. The predicted octanol–water partition coefficient (Wildman–Crippen LogP) is 3.60. The van der Waals surface area contributed by atoms with Crippen LogP contribution in [0.25, 0.3) is 6.08 Å². The Kier molecular flexibility index (Phi) is 4.34. The van der Waals surface area contributed by atoms with Gasteiger partial charge in [0.1, 0.15) is 5.75 Å². The zero-order valence-corrected chi connectivity index (χ0v) is 12.6. The van der Waals surface area contributed by atoms with Crippen molar-refractivity contribution in [2.24, 2.45) is 4.99 Å². The van der Waals surface area contributed by atoms with Gasteiger partial charge in [-0.2, -0.15) is 0 Å². The Hall–Kier alpha value is -3.14. The number of ether oxygens (including phenoxy) is 2. The zero-order valence-electron chi connectivity index (χ0n) is 12.6. The number of rotatable bonds is 4. The van der Waals surface area contributed by atoms with Crippen LogP contribution in [0.4, 0.5) is 0 Å². The monoisotopic (exact) mass is 305 g/mol. The fourth-order valence-electron chi connectivity index (χ4n) is 2.09. The second-order valence-electron chi connectivity index (χ2n) is 4.86. The number of allylic oxidation sites excluding steroid dienone is 2. The number of carbonyl (C=O) groups is 1. The molecule has 0 saturated carbocycles. The van der Waals surface area contributed by atoms with Gasteiger partial charge in [0, 0.05) is 5.56 Å². The van der Waals surface area contributed by atoms with Crippen molar-refractivity contribution in [3.8, 4) is 5.75 Å². The second kappa shape index (κ2) is 6.75. The molecule has 0 atom stereocenters. The number of cyclic esters (lactones) is 1. The lowest BCUT2D eigenvalue weighted by molar-refractivity contribution is -0.130. The standard InChI is InChI=1S/C19H15NO3/c1-22-16-12-10-15(11-13-16)18-20-17(19(21)23-18)9-5-8-14-6-3-2-4-7-14/h2-13H,1H3. The van der Waals surface area contributed by atoms with Crippen LogP contribution in [0.15, 0.2) is 77.4 Å². The fraction of sp³-hybridized carbons (Fsp3) is 0.0526. The minimum atomic E-state index is -0.450. The summed E-state index contributed by atoms with van der Waals surface area (Å²) in [4.78, 5) is 16.1. The van der Waals surface area contributed by atoms with Gasteiger partial charge in [0.05, 0.1) is 7.11 Å². The maximum Gasteiger partial charge on any atom is 0.363 e. The van der Waals surface area contributed by atoms with Gasteiger partial charge in [-0.25, -0.2) is 9.79 Å². The van der Waals surface area contributed by atoms with E-state index in [4.69, 9.17) is 9.47 Å². The molecule has 1 heterocycles. The largest absolute Gasteiger partial charge is 0.497 e. The van der Waals surface area contributed by atoms with Crippen LogP contribution in [0, 0.1) is 0 Å². The quantitative estimate of drug-likeness (QED) is 0.640. The summed E-state index contributed by atoms with van der Waals surface area (Å²) >= 11 is 0. The van der Waals surface area contributed by atoms with Crippen LogP contribution in [-0.2, 0) is 9.53 Å². The topological polar surface area (TPSA) is 47.9 Å². The van der Waals surface area contributed by atoms with E-state index in [0.29, 0.717) is 5.90 Å². The van der Waals surface area contributed by atoms with Gasteiger partial charge >= 0.3 is 5.97 Å². The predicted molar refractivity (Wildman–Crippen MR) is 89.2 cm³/mol. The molecule has 0 spiro atoms. The molecule has 0 amide bonds. The lowest BCUT2D eigenvalue weighted by atomic mass is 10.2. The third kappa shape index (κ3) is 3.55. The molecular formula is C19H15NO3. The van der Waals surface area contributed by atoms with Crippen LogP contribution in [-0.4, -0.2) is 19.0 Å². The molecule has 0 unspecified atom stereocenters. The van der Waals surface area contributed by atoms with Gasteiger partial charge in [-0.05, 0) is 35.9 Å². The molecule has 4 heteroatoms. The molecule has 0 saturated heterocycles. The maximum atomic E-state index is 11.9. The van der Waals surface area contributed by atoms with Crippen LogP contribution < -0.4 is 4.74 Å². The minimum Gasteiger partial charge on any atom is -0.497 e. The van der Waals surface area contributed by atoms with Crippen molar-refractivity contribution in [2.45, 2.75) is 0 Å². The van der Waals surface area contributed by atoms with Gasteiger partial charge in [0.2, 0.25) is 5.90 Å². The molecule has 0 fully saturated rings. The highest BCUT2D eigenvalue weighted by atomic mass is 16.6. The molecule has 0 N–H and O–H groups in total. The van der Waals surface area contributed by atoms with E-state index in [1.54, 1.807) is 43.5 Å². The maximum absolute atomic E-state index is 11.9. The Balaban J connectivity index is 1.77. The molecule has 2 aromatic carbocycles. The number of hydrogen-bond acceptors (Lipinski definition) is 4. The first kappa shape index (κ1) is 14.8. The lowest BCUT2D eigenvalue weighted by Gasteiger charge is -2.01. The van der Waals surface area contributed by atoms with Crippen molar-refractivity contribution in [1.82, 2.24) is 0 Å². The van der Waals surface area contributed by atoms with Crippen molar-refractivity contribution in [3.05, 3.63) is 83.6 Å². The van der Waals surface area contributed by atoms with Crippen molar-refractivity contribution >= 4 is 17.9 Å². The van der Waals surface area contributed by atoms with Crippen LogP contribution in [0.5, 0.6) is 5.75 Å². The smallest absolute Gasteiger partial charge is 0.363 e. The molecule has 114 valence electrons. The van der Waals surface area contributed by atoms with Gasteiger partial charge in [-0.1, -0.05) is 42.5 Å². The minimum absolute atomic E-state index is 0.281. The van der Waals surface area contributed by atoms with Crippen LogP contribution in [0.1, 0.15) is 11.1 Å². The third-order valence-corrected chi connectivity index (χ3v) is 3.30. The fourth-order valence-corrected chi connectivity index (χ4v) is 2.09. The molecule has 0 aromatic heterocycles. The zero-order chi connectivity index (χ0) is 16.1. The van der Waals surface area contributed by atoms with E-state index in [1.807, 2.05) is 36.4 Å². The number of hydrogen-bond donors (Lipinski definition) is 0. The summed E-state index contributed by atoms with van der Waals surface area (Å²) in [6.45, 7) is 0. The van der Waals surface area contributed by atoms with E-state index in [2.05, 4.69) is 4.99 Å². The number of nitrogens with zero attached hydrogens (tertiary/aromatic N) is 1. The molecule has 23 heavy (non-hydrogen) atoms. The number of methoxy groups -OCH3 is 1. The number of esters is 1. The average Bonchev–Trinajstić information content (AvgIpc) is 2.97. The average molecular weight is 305 g/mol. The van der Waals surface area contributed by atoms with E-state index in [1.165, 1.54) is 0 Å². The van der Waals surface area contributed by atoms with Crippen LogP contribution in [0.2, 0.25) is 0 Å². The van der Waals surface area contributed by atoms with Crippen molar-refractivity contribution in [2.75, 3.05) is 7.11 Å². The highest BCUT2D eigenvalue weighted by Crippen LogP contribution is 2.19. The SMILES string of the molecule is COc1ccc(C2=NC(=CC=Cc3ccccc3)C(=O)O2)cc1. The molecule has 4 nitrogen and oxygen atoms in total. The highest BCUT2D eigenvalue weighted by Gasteiger charge is 2.23. The number of benzene rings is 2. The lowest BCUT2D eigenvalue weighted by Crippen LogP contribution is -2.05. The van der Waals surface area contributed by atoms with E-state index in [9.17, 15) is 4.79 Å². The first-order chi connectivity index (χ1) is 11.3. The molecule has 0 radical (unpaired) electrons. The van der Waals surface area contributed by atoms with Gasteiger partial charge in [0.25, 0.3) is 0 Å². The summed E-state index contributed by atoms with van der Waals surface area (Å²) in [6, 6.07) is 17.0. The summed E-state index contributed by atoms with van der Waals surface area (Å²) in [7, 11) is 1.60. The molecule has 0 bridgehead atoms. The van der Waals surface area contributed by atoms with Crippen LogP contribution in [0.3, 0.4) is 0 Å². The Morgan fingerprint density at radius 1 is 1.04 bits per heavy atom. The molecule has 0 aliphatic carbocycles. The summed E-state index contributed by atoms with van der Waals surface area (Å²) in [5, 5.41) is 0. The molecular weight excluding hydrogens is 290 g/mol. The van der Waals surface area contributed by atoms with E-state index < -0.39 is 5.97 Å². The molecule has 1 aliphatic rings.